The first-order valence-corrected chi connectivity index (χ1v) is 8.59. The van der Waals surface area contributed by atoms with Crippen molar-refractivity contribution in [2.75, 3.05) is 0 Å². The molecule has 0 radical (unpaired) electrons. The highest BCUT2D eigenvalue weighted by Crippen LogP contribution is 2.28. The Morgan fingerprint density at radius 1 is 1.24 bits per heavy atom. The van der Waals surface area contributed by atoms with Crippen molar-refractivity contribution in [3.63, 3.8) is 0 Å². The molecule has 0 N–H and O–H groups in total. The second-order valence-electron chi connectivity index (χ2n) is 4.07. The van der Waals surface area contributed by atoms with Crippen molar-refractivity contribution in [2.24, 2.45) is 0 Å². The van der Waals surface area contributed by atoms with Crippen LogP contribution in [-0.4, -0.2) is 30.0 Å². The summed E-state index contributed by atoms with van der Waals surface area (Å²) >= 11 is 4.60. The Labute approximate surface area is 131 Å². The number of aryl methyl sites for hydroxylation is 1. The Kier molecular flexibility index (Phi) is 3.20. The average molecular weight is 336 g/mol. The number of fused-ring (bicyclic) bond motifs is 1. The van der Waals surface area contributed by atoms with Gasteiger partial charge in [0.15, 0.2) is 20.9 Å². The number of nitrogens with zero attached hydrogens (tertiary/aromatic N) is 6. The summed E-state index contributed by atoms with van der Waals surface area (Å²) in [6.07, 6.45) is 1.63. The third kappa shape index (κ3) is 2.45. The maximum Gasteiger partial charge on any atom is 0.235 e. The van der Waals surface area contributed by atoms with Crippen molar-refractivity contribution in [2.45, 2.75) is 17.0 Å². The maximum absolute atomic E-state index is 5.35. The van der Waals surface area contributed by atoms with Gasteiger partial charge in [0.1, 0.15) is 5.01 Å². The minimum atomic E-state index is 0.650. The van der Waals surface area contributed by atoms with Crippen molar-refractivity contribution in [1.82, 2.24) is 30.0 Å². The minimum absolute atomic E-state index is 0.650. The summed E-state index contributed by atoms with van der Waals surface area (Å²) in [7, 11) is 0. The van der Waals surface area contributed by atoms with E-state index in [2.05, 4.69) is 25.5 Å². The predicted octanol–water partition coefficient (Wildman–Crippen LogP) is 2.90. The maximum atomic E-state index is 5.35. The molecule has 0 spiro atoms. The molecule has 0 amide bonds. The smallest absolute Gasteiger partial charge is 0.235 e. The lowest BCUT2D eigenvalue weighted by Crippen LogP contribution is -1.93. The normalized spacial score (nSPS) is 11.5. The predicted molar refractivity (Wildman–Crippen MR) is 80.6 cm³/mol. The molecule has 4 rings (SSSR count). The van der Waals surface area contributed by atoms with Gasteiger partial charge in [-0.25, -0.2) is 0 Å². The Hall–Kier alpha value is -1.78. The number of furan rings is 1. The Bertz CT molecular complexity index is 877. The summed E-state index contributed by atoms with van der Waals surface area (Å²) in [5.41, 5.74) is 0. The number of hydrogen-bond donors (Lipinski definition) is 0. The summed E-state index contributed by atoms with van der Waals surface area (Å²) in [6, 6.07) is 3.72. The van der Waals surface area contributed by atoms with E-state index in [9.17, 15) is 0 Å². The van der Waals surface area contributed by atoms with Gasteiger partial charge in [0.2, 0.25) is 4.96 Å². The average Bonchev–Trinajstić information content (AvgIpc) is 3.21. The van der Waals surface area contributed by atoms with Crippen molar-refractivity contribution in [3.8, 4) is 10.8 Å². The monoisotopic (exact) mass is 336 g/mol. The van der Waals surface area contributed by atoms with E-state index >= 15 is 0 Å². The van der Waals surface area contributed by atoms with Gasteiger partial charge >= 0.3 is 0 Å². The van der Waals surface area contributed by atoms with E-state index in [0.717, 1.165) is 30.9 Å². The van der Waals surface area contributed by atoms with Crippen molar-refractivity contribution in [1.29, 1.82) is 0 Å². The molecule has 0 aromatic carbocycles. The standard InChI is InChI=1S/C11H8N6OS3/c1-6-12-15-11(20-6)19-5-8-13-14-10-17(8)16-9(21-10)7-3-2-4-18-7/h2-4H,5H2,1H3. The SMILES string of the molecule is Cc1nnc(SCc2nnc3sc(-c4ccco4)nn23)s1. The van der Waals surface area contributed by atoms with Crippen molar-refractivity contribution < 1.29 is 4.42 Å². The van der Waals surface area contributed by atoms with E-state index in [1.54, 1.807) is 33.9 Å². The molecule has 7 nitrogen and oxygen atoms in total. The number of aromatic nitrogens is 6. The van der Waals surface area contributed by atoms with Gasteiger partial charge in [0.05, 0.1) is 12.0 Å². The van der Waals surface area contributed by atoms with Crippen LogP contribution >= 0.6 is 34.4 Å². The quantitative estimate of drug-likeness (QED) is 0.530. The van der Waals surface area contributed by atoms with E-state index in [1.165, 1.54) is 11.3 Å². The summed E-state index contributed by atoms with van der Waals surface area (Å²) in [5, 5.41) is 22.6. The topological polar surface area (TPSA) is 82.0 Å². The third-order valence-electron chi connectivity index (χ3n) is 2.62. The zero-order valence-electron chi connectivity index (χ0n) is 10.8. The summed E-state index contributed by atoms with van der Waals surface area (Å²) < 4.78 is 8.03. The van der Waals surface area contributed by atoms with Crippen molar-refractivity contribution in [3.05, 3.63) is 29.2 Å². The van der Waals surface area contributed by atoms with Crippen LogP contribution in [0.3, 0.4) is 0 Å². The van der Waals surface area contributed by atoms with Gasteiger partial charge in [-0.2, -0.15) is 4.52 Å². The molecule has 0 fully saturated rings. The van der Waals surface area contributed by atoms with Gasteiger partial charge < -0.3 is 4.42 Å². The molecule has 0 aliphatic rings. The second kappa shape index (κ2) is 5.20. The van der Waals surface area contributed by atoms with E-state index in [1.807, 2.05) is 19.1 Å². The third-order valence-corrected chi connectivity index (χ3v) is 5.50. The molecule has 106 valence electrons. The fourth-order valence-electron chi connectivity index (χ4n) is 1.71. The lowest BCUT2D eigenvalue weighted by molar-refractivity contribution is 0.580. The second-order valence-corrected chi connectivity index (χ2v) is 7.43. The molecule has 0 atom stereocenters. The first kappa shape index (κ1) is 12.9. The summed E-state index contributed by atoms with van der Waals surface area (Å²) in [4.78, 5) is 0.755. The summed E-state index contributed by atoms with van der Waals surface area (Å²) in [5.74, 6) is 2.18. The van der Waals surface area contributed by atoms with Crippen LogP contribution in [0.2, 0.25) is 0 Å². The molecule has 0 saturated carbocycles. The number of rotatable bonds is 4. The molecule has 4 aromatic heterocycles. The largest absolute Gasteiger partial charge is 0.462 e. The zero-order valence-corrected chi connectivity index (χ0v) is 13.2. The highest BCUT2D eigenvalue weighted by atomic mass is 32.2. The zero-order chi connectivity index (χ0) is 14.2. The fraction of sp³-hybridized carbons (Fsp3) is 0.182. The molecule has 0 bridgehead atoms. The van der Waals surface area contributed by atoms with Crippen LogP contribution in [0.5, 0.6) is 0 Å². The van der Waals surface area contributed by atoms with Crippen LogP contribution in [0.1, 0.15) is 10.8 Å². The molecular weight excluding hydrogens is 328 g/mol. The first-order valence-electron chi connectivity index (χ1n) is 5.97. The van der Waals surface area contributed by atoms with Crippen LogP contribution in [-0.2, 0) is 5.75 Å². The molecule has 10 heteroatoms. The molecular formula is C11H8N6OS3. The van der Waals surface area contributed by atoms with Gasteiger partial charge in [-0.15, -0.1) is 25.5 Å². The molecule has 0 saturated heterocycles. The minimum Gasteiger partial charge on any atom is -0.462 e. The highest BCUT2D eigenvalue weighted by Gasteiger charge is 2.15. The number of hydrogen-bond acceptors (Lipinski definition) is 9. The highest BCUT2D eigenvalue weighted by molar-refractivity contribution is 8.00. The van der Waals surface area contributed by atoms with Gasteiger partial charge in [-0.3, -0.25) is 0 Å². The lowest BCUT2D eigenvalue weighted by Gasteiger charge is -1.93. The van der Waals surface area contributed by atoms with Crippen LogP contribution < -0.4 is 0 Å². The Morgan fingerprint density at radius 2 is 2.19 bits per heavy atom. The van der Waals surface area contributed by atoms with Crippen LogP contribution in [0.25, 0.3) is 15.7 Å². The van der Waals surface area contributed by atoms with Crippen LogP contribution in [0.15, 0.2) is 27.2 Å². The van der Waals surface area contributed by atoms with Crippen LogP contribution in [0, 0.1) is 6.92 Å². The lowest BCUT2D eigenvalue weighted by atomic mass is 10.5. The van der Waals surface area contributed by atoms with Crippen LogP contribution in [0.4, 0.5) is 0 Å². The first-order chi connectivity index (χ1) is 10.3. The van der Waals surface area contributed by atoms with E-state index in [-0.39, 0.29) is 0 Å². The molecule has 0 unspecified atom stereocenters. The molecule has 4 heterocycles. The molecule has 0 aliphatic heterocycles. The van der Waals surface area contributed by atoms with E-state index in [0.29, 0.717) is 5.75 Å². The molecule has 21 heavy (non-hydrogen) atoms. The Morgan fingerprint density at radius 3 is 2.95 bits per heavy atom. The van der Waals surface area contributed by atoms with Gasteiger partial charge in [0, 0.05) is 0 Å². The fourth-order valence-corrected chi connectivity index (χ4v) is 4.26. The van der Waals surface area contributed by atoms with E-state index < -0.39 is 0 Å². The van der Waals surface area contributed by atoms with Gasteiger partial charge in [0.25, 0.3) is 0 Å². The van der Waals surface area contributed by atoms with Gasteiger partial charge in [-0.05, 0) is 19.1 Å². The molecule has 0 aliphatic carbocycles. The summed E-state index contributed by atoms with van der Waals surface area (Å²) in [6.45, 7) is 1.94. The molecule has 4 aromatic rings. The Balaban J connectivity index is 1.60. The van der Waals surface area contributed by atoms with Gasteiger partial charge in [-0.1, -0.05) is 34.4 Å². The number of thioether (sulfide) groups is 1. The van der Waals surface area contributed by atoms with Crippen molar-refractivity contribution >= 4 is 39.4 Å². The van der Waals surface area contributed by atoms with E-state index in [4.69, 9.17) is 4.42 Å².